The smallest absolute Gasteiger partial charge is 0.117 e. The average molecular weight is 295 g/mol. The minimum absolute atomic E-state index is 0.909. The fraction of sp³-hybridized carbons (Fsp3) is 0.176. The van der Waals surface area contributed by atoms with Crippen molar-refractivity contribution >= 4 is 28.4 Å². The molecule has 0 atom stereocenters. The molecular formula is C17H17N3S. The summed E-state index contributed by atoms with van der Waals surface area (Å²) in [7, 11) is 0. The summed E-state index contributed by atoms with van der Waals surface area (Å²) < 4.78 is 0. The van der Waals surface area contributed by atoms with Crippen LogP contribution in [-0.4, -0.2) is 22.3 Å². The summed E-state index contributed by atoms with van der Waals surface area (Å²) in [5.74, 6) is 0.967. The molecule has 3 rings (SSSR count). The first kappa shape index (κ1) is 13.9. The van der Waals surface area contributed by atoms with Gasteiger partial charge in [-0.2, -0.15) is 0 Å². The number of anilines is 1. The summed E-state index contributed by atoms with van der Waals surface area (Å²) in [5.41, 5.74) is 3.44. The lowest BCUT2D eigenvalue weighted by Gasteiger charge is -2.07. The fourth-order valence-corrected chi connectivity index (χ4v) is 3.04. The van der Waals surface area contributed by atoms with Crippen LogP contribution in [0, 0.1) is 6.92 Å². The number of hydrogen-bond donors (Lipinski definition) is 1. The third-order valence-corrected chi connectivity index (χ3v) is 4.20. The molecule has 1 N–H and O–H groups in total. The molecule has 3 nitrogen and oxygen atoms in total. The van der Waals surface area contributed by atoms with Gasteiger partial charge in [-0.05, 0) is 30.7 Å². The number of benzene rings is 2. The van der Waals surface area contributed by atoms with Gasteiger partial charge in [0.25, 0.3) is 0 Å². The van der Waals surface area contributed by atoms with Crippen LogP contribution in [-0.2, 0) is 0 Å². The first-order chi connectivity index (χ1) is 10.3. The molecule has 2 aromatic carbocycles. The third kappa shape index (κ3) is 3.52. The van der Waals surface area contributed by atoms with Gasteiger partial charge >= 0.3 is 0 Å². The van der Waals surface area contributed by atoms with Gasteiger partial charge < -0.3 is 5.32 Å². The summed E-state index contributed by atoms with van der Waals surface area (Å²) >= 11 is 1.76. The monoisotopic (exact) mass is 295 g/mol. The van der Waals surface area contributed by atoms with Crippen molar-refractivity contribution in [3.63, 3.8) is 0 Å². The standard InChI is InChI=1S/C17H17N3S/c1-13-5-4-6-14(11-13)18-9-10-21-17-15-7-2-3-8-16(15)19-12-20-17/h2-8,11-12,18H,9-10H2,1H3. The number of aromatic nitrogens is 2. The molecule has 0 saturated heterocycles. The van der Waals surface area contributed by atoms with Crippen LogP contribution >= 0.6 is 11.8 Å². The van der Waals surface area contributed by atoms with E-state index in [2.05, 4.69) is 52.5 Å². The topological polar surface area (TPSA) is 37.8 Å². The Bertz CT molecular complexity index is 737. The first-order valence-electron chi connectivity index (χ1n) is 6.96. The van der Waals surface area contributed by atoms with E-state index in [9.17, 15) is 0 Å². The van der Waals surface area contributed by atoms with E-state index in [1.54, 1.807) is 18.1 Å². The van der Waals surface area contributed by atoms with Crippen molar-refractivity contribution in [3.8, 4) is 0 Å². The number of hydrogen-bond acceptors (Lipinski definition) is 4. The molecule has 0 fully saturated rings. The van der Waals surface area contributed by atoms with Crippen molar-refractivity contribution in [2.75, 3.05) is 17.6 Å². The predicted molar refractivity (Wildman–Crippen MR) is 89.9 cm³/mol. The van der Waals surface area contributed by atoms with Crippen molar-refractivity contribution in [2.45, 2.75) is 11.9 Å². The SMILES string of the molecule is Cc1cccc(NCCSc2ncnc3ccccc23)c1. The van der Waals surface area contributed by atoms with Gasteiger partial charge in [-0.1, -0.05) is 30.3 Å². The van der Waals surface area contributed by atoms with Crippen LogP contribution in [0.2, 0.25) is 0 Å². The highest BCUT2D eigenvalue weighted by atomic mass is 32.2. The maximum Gasteiger partial charge on any atom is 0.117 e. The van der Waals surface area contributed by atoms with Crippen molar-refractivity contribution in [1.29, 1.82) is 0 Å². The number of rotatable bonds is 5. The second kappa shape index (κ2) is 6.59. The molecule has 3 aromatic rings. The Balaban J connectivity index is 1.60. The molecule has 1 heterocycles. The van der Waals surface area contributed by atoms with Crippen LogP contribution in [0.1, 0.15) is 5.56 Å². The van der Waals surface area contributed by atoms with Crippen LogP contribution in [0.5, 0.6) is 0 Å². The van der Waals surface area contributed by atoms with Crippen LogP contribution in [0.25, 0.3) is 10.9 Å². The Kier molecular flexibility index (Phi) is 4.36. The molecular weight excluding hydrogens is 278 g/mol. The van der Waals surface area contributed by atoms with Crippen molar-refractivity contribution in [1.82, 2.24) is 9.97 Å². The molecule has 21 heavy (non-hydrogen) atoms. The van der Waals surface area contributed by atoms with Crippen molar-refractivity contribution in [3.05, 3.63) is 60.4 Å². The van der Waals surface area contributed by atoms with E-state index in [0.29, 0.717) is 0 Å². The Morgan fingerprint density at radius 3 is 2.86 bits per heavy atom. The van der Waals surface area contributed by atoms with Gasteiger partial charge in [0.1, 0.15) is 11.4 Å². The number of nitrogens with zero attached hydrogens (tertiary/aromatic N) is 2. The normalized spacial score (nSPS) is 10.7. The highest BCUT2D eigenvalue weighted by Crippen LogP contribution is 2.23. The van der Waals surface area contributed by atoms with Crippen LogP contribution < -0.4 is 5.32 Å². The molecule has 4 heteroatoms. The van der Waals surface area contributed by atoms with Gasteiger partial charge in [-0.15, -0.1) is 11.8 Å². The summed E-state index contributed by atoms with van der Waals surface area (Å²) in [4.78, 5) is 8.68. The fourth-order valence-electron chi connectivity index (χ4n) is 2.19. The number of para-hydroxylation sites is 1. The second-order valence-corrected chi connectivity index (χ2v) is 5.92. The minimum Gasteiger partial charge on any atom is -0.384 e. The molecule has 0 amide bonds. The predicted octanol–water partition coefficient (Wildman–Crippen LogP) is 4.14. The Morgan fingerprint density at radius 2 is 1.95 bits per heavy atom. The van der Waals surface area contributed by atoms with E-state index in [-0.39, 0.29) is 0 Å². The zero-order valence-corrected chi connectivity index (χ0v) is 12.7. The van der Waals surface area contributed by atoms with Crippen LogP contribution in [0.3, 0.4) is 0 Å². The highest BCUT2D eigenvalue weighted by molar-refractivity contribution is 7.99. The van der Waals surface area contributed by atoms with Gasteiger partial charge in [-0.25, -0.2) is 9.97 Å². The van der Waals surface area contributed by atoms with Crippen LogP contribution in [0.4, 0.5) is 5.69 Å². The minimum atomic E-state index is 0.909. The van der Waals surface area contributed by atoms with Gasteiger partial charge in [0.15, 0.2) is 0 Å². The van der Waals surface area contributed by atoms with Crippen LogP contribution in [0.15, 0.2) is 59.9 Å². The maximum absolute atomic E-state index is 4.39. The van der Waals surface area contributed by atoms with E-state index in [4.69, 9.17) is 0 Å². The van der Waals surface area contributed by atoms with Crippen molar-refractivity contribution < 1.29 is 0 Å². The molecule has 0 aliphatic carbocycles. The van der Waals surface area contributed by atoms with E-state index < -0.39 is 0 Å². The molecule has 0 radical (unpaired) electrons. The Labute approximate surface area is 128 Å². The average Bonchev–Trinajstić information content (AvgIpc) is 2.52. The molecule has 106 valence electrons. The van der Waals surface area contributed by atoms with Gasteiger partial charge in [0, 0.05) is 23.4 Å². The quantitative estimate of drug-likeness (QED) is 0.436. The lowest BCUT2D eigenvalue weighted by molar-refractivity contribution is 1.10. The molecule has 0 spiro atoms. The van der Waals surface area contributed by atoms with Gasteiger partial charge in [0.2, 0.25) is 0 Å². The number of thioether (sulfide) groups is 1. The lowest BCUT2D eigenvalue weighted by Crippen LogP contribution is -2.04. The number of fused-ring (bicyclic) bond motifs is 1. The number of nitrogens with one attached hydrogen (secondary N) is 1. The third-order valence-electron chi connectivity index (χ3n) is 3.19. The molecule has 0 aliphatic rings. The van der Waals surface area contributed by atoms with Gasteiger partial charge in [0.05, 0.1) is 5.52 Å². The van der Waals surface area contributed by atoms with E-state index in [0.717, 1.165) is 28.2 Å². The molecule has 0 saturated carbocycles. The molecule has 0 bridgehead atoms. The summed E-state index contributed by atoms with van der Waals surface area (Å²) in [6.45, 7) is 3.01. The molecule has 1 aromatic heterocycles. The molecule has 0 aliphatic heterocycles. The summed E-state index contributed by atoms with van der Waals surface area (Å²) in [6.07, 6.45) is 1.64. The highest BCUT2D eigenvalue weighted by Gasteiger charge is 2.03. The second-order valence-electron chi connectivity index (χ2n) is 4.84. The van der Waals surface area contributed by atoms with E-state index >= 15 is 0 Å². The summed E-state index contributed by atoms with van der Waals surface area (Å²) in [6, 6.07) is 16.6. The lowest BCUT2D eigenvalue weighted by atomic mass is 10.2. The largest absolute Gasteiger partial charge is 0.384 e. The Morgan fingerprint density at radius 1 is 1.05 bits per heavy atom. The zero-order valence-electron chi connectivity index (χ0n) is 11.9. The maximum atomic E-state index is 4.39. The van der Waals surface area contributed by atoms with Gasteiger partial charge in [-0.3, -0.25) is 0 Å². The van der Waals surface area contributed by atoms with Crippen molar-refractivity contribution in [2.24, 2.45) is 0 Å². The summed E-state index contributed by atoms with van der Waals surface area (Å²) in [5, 5.41) is 5.61. The number of aryl methyl sites for hydroxylation is 1. The Hall–Kier alpha value is -2.07. The van der Waals surface area contributed by atoms with E-state index in [1.807, 2.05) is 18.2 Å². The zero-order chi connectivity index (χ0) is 14.5. The molecule has 0 unspecified atom stereocenters. The first-order valence-corrected chi connectivity index (χ1v) is 7.94. The van der Waals surface area contributed by atoms with E-state index in [1.165, 1.54) is 11.3 Å².